The first-order chi connectivity index (χ1) is 10.5. The second kappa shape index (κ2) is 7.48. The molecule has 1 N–H and O–H groups in total. The minimum absolute atomic E-state index is 0.176. The van der Waals surface area contributed by atoms with E-state index >= 15 is 0 Å². The van der Waals surface area contributed by atoms with E-state index in [1.807, 2.05) is 0 Å². The van der Waals surface area contributed by atoms with E-state index in [-0.39, 0.29) is 5.97 Å². The number of aliphatic hydroxyl groups is 1. The van der Waals surface area contributed by atoms with Crippen molar-refractivity contribution in [2.45, 2.75) is 65.7 Å². The van der Waals surface area contributed by atoms with Crippen LogP contribution in [0, 0.1) is 0 Å². The van der Waals surface area contributed by atoms with Crippen molar-refractivity contribution in [3.63, 3.8) is 0 Å². The zero-order valence-corrected chi connectivity index (χ0v) is 13.9. The topological polar surface area (TPSA) is 46.5 Å². The van der Waals surface area contributed by atoms with Gasteiger partial charge in [-0.2, -0.15) is 0 Å². The summed E-state index contributed by atoms with van der Waals surface area (Å²) in [5.41, 5.74) is 4.96. The van der Waals surface area contributed by atoms with Gasteiger partial charge in [-0.05, 0) is 64.0 Å². The van der Waals surface area contributed by atoms with Crippen molar-refractivity contribution >= 4 is 5.97 Å². The first-order valence-electron chi connectivity index (χ1n) is 8.06. The molecule has 0 saturated heterocycles. The fourth-order valence-electron chi connectivity index (χ4n) is 2.82. The maximum absolute atomic E-state index is 11.3. The molecule has 1 aliphatic heterocycles. The monoisotopic (exact) mass is 302 g/mol. The molecule has 2 aliphatic rings. The van der Waals surface area contributed by atoms with Gasteiger partial charge in [0.2, 0.25) is 0 Å². The van der Waals surface area contributed by atoms with Gasteiger partial charge < -0.3 is 9.84 Å². The zero-order chi connectivity index (χ0) is 16.1. The molecule has 0 spiro atoms. The Morgan fingerprint density at radius 1 is 1.18 bits per heavy atom. The molecule has 0 aromatic carbocycles. The normalized spacial score (nSPS) is 19.0. The van der Waals surface area contributed by atoms with Crippen molar-refractivity contribution in [2.24, 2.45) is 0 Å². The van der Waals surface area contributed by atoms with E-state index in [4.69, 9.17) is 4.74 Å². The van der Waals surface area contributed by atoms with Gasteiger partial charge >= 0.3 is 5.97 Å². The number of hydrogen-bond acceptors (Lipinski definition) is 3. The van der Waals surface area contributed by atoms with Crippen LogP contribution in [0.4, 0.5) is 0 Å². The number of hydrogen-bond donors (Lipinski definition) is 1. The summed E-state index contributed by atoms with van der Waals surface area (Å²) in [5.74, 6) is 0.883. The molecule has 0 atom stereocenters. The lowest BCUT2D eigenvalue weighted by atomic mass is 9.89. The van der Waals surface area contributed by atoms with Gasteiger partial charge in [0.1, 0.15) is 5.76 Å². The highest BCUT2D eigenvalue weighted by Gasteiger charge is 2.26. The highest BCUT2D eigenvalue weighted by atomic mass is 16.5. The summed E-state index contributed by atoms with van der Waals surface area (Å²) < 4.78 is 5.23. The lowest BCUT2D eigenvalue weighted by molar-refractivity contribution is -0.140. The second-order valence-electron chi connectivity index (χ2n) is 6.48. The maximum atomic E-state index is 11.3. The van der Waals surface area contributed by atoms with Gasteiger partial charge in [0.25, 0.3) is 0 Å². The largest absolute Gasteiger partial charge is 0.512 e. The summed E-state index contributed by atoms with van der Waals surface area (Å²) in [4.78, 5) is 11.3. The van der Waals surface area contributed by atoms with Crippen molar-refractivity contribution in [3.05, 3.63) is 46.0 Å². The van der Waals surface area contributed by atoms with Gasteiger partial charge in [0.15, 0.2) is 0 Å². The standard InChI is InChI=1S/C19H26O3/c1-13(2)5-4-6-14(3)7-8-15-11-16-9-10-19(21)22-18(16)12-17(15)20/h5,7,20H,4,6,8-12H2,1-3H3/b14-7+. The predicted octanol–water partition coefficient (Wildman–Crippen LogP) is 5.27. The molecule has 0 aromatic heterocycles. The molecular weight excluding hydrogens is 276 g/mol. The lowest BCUT2D eigenvalue weighted by Gasteiger charge is -2.25. The predicted molar refractivity (Wildman–Crippen MR) is 88.3 cm³/mol. The smallest absolute Gasteiger partial charge is 0.311 e. The molecular formula is C19H26O3. The Bertz CT molecular complexity index is 569. The summed E-state index contributed by atoms with van der Waals surface area (Å²) in [7, 11) is 0. The van der Waals surface area contributed by atoms with Crippen molar-refractivity contribution in [3.8, 4) is 0 Å². The molecule has 0 bridgehead atoms. The SMILES string of the molecule is CC(C)=CCC/C(C)=C/CC1=C(O)CC2=C(CCC(=O)O2)C1. The second-order valence-corrected chi connectivity index (χ2v) is 6.48. The van der Waals surface area contributed by atoms with Crippen LogP contribution in [0.5, 0.6) is 0 Å². The lowest BCUT2D eigenvalue weighted by Crippen LogP contribution is -2.17. The average Bonchev–Trinajstić information content (AvgIpc) is 2.44. The third-order valence-electron chi connectivity index (χ3n) is 4.21. The van der Waals surface area contributed by atoms with E-state index in [1.165, 1.54) is 16.7 Å². The number of ether oxygens (including phenoxy) is 1. The van der Waals surface area contributed by atoms with Crippen molar-refractivity contribution in [2.75, 3.05) is 0 Å². The van der Waals surface area contributed by atoms with Crippen LogP contribution in [0.2, 0.25) is 0 Å². The molecule has 0 fully saturated rings. The summed E-state index contributed by atoms with van der Waals surface area (Å²) in [6.07, 6.45) is 9.74. The summed E-state index contributed by atoms with van der Waals surface area (Å²) in [6.45, 7) is 6.38. The quantitative estimate of drug-likeness (QED) is 0.556. The average molecular weight is 302 g/mol. The van der Waals surface area contributed by atoms with Crippen LogP contribution >= 0.6 is 0 Å². The van der Waals surface area contributed by atoms with Crippen molar-refractivity contribution in [1.29, 1.82) is 0 Å². The zero-order valence-electron chi connectivity index (χ0n) is 13.9. The Morgan fingerprint density at radius 2 is 1.95 bits per heavy atom. The van der Waals surface area contributed by atoms with Crippen LogP contribution in [0.25, 0.3) is 0 Å². The third kappa shape index (κ3) is 4.62. The minimum atomic E-state index is -0.176. The Hall–Kier alpha value is -1.77. The molecule has 0 saturated carbocycles. The van der Waals surface area contributed by atoms with Crippen LogP contribution in [0.15, 0.2) is 46.0 Å². The van der Waals surface area contributed by atoms with Crippen LogP contribution in [-0.2, 0) is 9.53 Å². The van der Waals surface area contributed by atoms with Crippen LogP contribution in [0.1, 0.15) is 65.7 Å². The van der Waals surface area contributed by atoms with E-state index in [0.29, 0.717) is 24.4 Å². The van der Waals surface area contributed by atoms with E-state index < -0.39 is 0 Å². The molecule has 1 aliphatic carbocycles. The molecule has 120 valence electrons. The van der Waals surface area contributed by atoms with Crippen molar-refractivity contribution in [1.82, 2.24) is 0 Å². The fourth-order valence-corrected chi connectivity index (χ4v) is 2.82. The van der Waals surface area contributed by atoms with Gasteiger partial charge in [-0.15, -0.1) is 0 Å². The Morgan fingerprint density at radius 3 is 2.68 bits per heavy atom. The van der Waals surface area contributed by atoms with Crippen LogP contribution in [-0.4, -0.2) is 11.1 Å². The first kappa shape index (κ1) is 16.6. The Labute approximate surface area is 133 Å². The number of carbonyl (C=O) groups excluding carboxylic acids is 1. The molecule has 0 unspecified atom stereocenters. The summed E-state index contributed by atoms with van der Waals surface area (Å²) in [5, 5.41) is 10.2. The third-order valence-corrected chi connectivity index (χ3v) is 4.21. The highest BCUT2D eigenvalue weighted by Crippen LogP contribution is 2.36. The molecule has 0 aromatic rings. The van der Waals surface area contributed by atoms with E-state index in [1.54, 1.807) is 0 Å². The number of rotatable bonds is 5. The molecule has 0 amide bonds. The van der Waals surface area contributed by atoms with E-state index in [2.05, 4.69) is 32.9 Å². The van der Waals surface area contributed by atoms with Crippen LogP contribution < -0.4 is 0 Å². The van der Waals surface area contributed by atoms with Crippen LogP contribution in [0.3, 0.4) is 0 Å². The molecule has 2 rings (SSSR count). The fraction of sp³-hybridized carbons (Fsp3) is 0.526. The molecule has 22 heavy (non-hydrogen) atoms. The number of allylic oxidation sites excluding steroid dienone is 6. The molecule has 3 nitrogen and oxygen atoms in total. The molecule has 0 radical (unpaired) electrons. The number of aliphatic hydroxyl groups excluding tert-OH is 1. The van der Waals surface area contributed by atoms with E-state index in [9.17, 15) is 9.90 Å². The summed E-state index contributed by atoms with van der Waals surface area (Å²) >= 11 is 0. The number of carbonyl (C=O) groups is 1. The van der Waals surface area contributed by atoms with Gasteiger partial charge in [0, 0.05) is 6.42 Å². The van der Waals surface area contributed by atoms with Gasteiger partial charge in [-0.3, -0.25) is 4.79 Å². The highest BCUT2D eigenvalue weighted by molar-refractivity contribution is 5.72. The Balaban J connectivity index is 1.92. The number of esters is 1. The van der Waals surface area contributed by atoms with E-state index in [0.717, 1.165) is 37.7 Å². The van der Waals surface area contributed by atoms with Gasteiger partial charge in [-0.25, -0.2) is 0 Å². The van der Waals surface area contributed by atoms with Crippen molar-refractivity contribution < 1.29 is 14.6 Å². The molecule has 3 heteroatoms. The van der Waals surface area contributed by atoms with Gasteiger partial charge in [0.05, 0.1) is 12.2 Å². The van der Waals surface area contributed by atoms with Gasteiger partial charge in [-0.1, -0.05) is 23.3 Å². The molecule has 1 heterocycles. The Kier molecular flexibility index (Phi) is 5.64. The first-order valence-corrected chi connectivity index (χ1v) is 8.06. The summed E-state index contributed by atoms with van der Waals surface area (Å²) in [6, 6.07) is 0. The maximum Gasteiger partial charge on any atom is 0.311 e. The minimum Gasteiger partial charge on any atom is -0.512 e.